The minimum Gasteiger partial charge on any atom is -0.479 e. The van der Waals surface area contributed by atoms with Gasteiger partial charge in [-0.15, -0.1) is 0 Å². The molecule has 1 saturated heterocycles. The van der Waals surface area contributed by atoms with Gasteiger partial charge in [0.25, 0.3) is 0 Å². The number of ketones is 1. The number of benzene rings is 3. The van der Waals surface area contributed by atoms with Crippen LogP contribution in [0.2, 0.25) is 0 Å². The van der Waals surface area contributed by atoms with Gasteiger partial charge >= 0.3 is 12.1 Å². The number of ether oxygens (including phenoxy) is 2. The van der Waals surface area contributed by atoms with Crippen molar-refractivity contribution in [1.82, 2.24) is 10.6 Å². The Hall–Kier alpha value is -4.50. The molecule has 0 radical (unpaired) electrons. The molecular weight excluding hydrogens is 500 g/mol. The van der Waals surface area contributed by atoms with Crippen LogP contribution in [0.1, 0.15) is 23.1 Å². The second kappa shape index (κ2) is 13.3. The lowest BCUT2D eigenvalue weighted by atomic mass is 9.98. The van der Waals surface area contributed by atoms with Crippen LogP contribution in [0.5, 0.6) is 0 Å². The molecule has 202 valence electrons. The third-order valence-corrected chi connectivity index (χ3v) is 6.34. The number of epoxide rings is 1. The maximum absolute atomic E-state index is 13.5. The van der Waals surface area contributed by atoms with Gasteiger partial charge in [0.2, 0.25) is 5.91 Å². The number of hydrogen-bond acceptors (Lipinski definition) is 6. The van der Waals surface area contributed by atoms with Gasteiger partial charge in [0.05, 0.1) is 6.04 Å². The Kier molecular flexibility index (Phi) is 9.42. The Labute approximate surface area is 226 Å². The fraction of sp³-hybridized carbons (Fsp3) is 0.267. The molecule has 1 fully saturated rings. The summed E-state index contributed by atoms with van der Waals surface area (Å²) in [6, 6.07) is 25.6. The van der Waals surface area contributed by atoms with Crippen molar-refractivity contribution in [3.8, 4) is 0 Å². The molecule has 1 heterocycles. The molecule has 3 aromatic carbocycles. The van der Waals surface area contributed by atoms with Gasteiger partial charge in [-0.05, 0) is 29.5 Å². The fourth-order valence-corrected chi connectivity index (χ4v) is 4.19. The zero-order valence-corrected chi connectivity index (χ0v) is 21.2. The minimum atomic E-state index is -1.23. The van der Waals surface area contributed by atoms with Crippen molar-refractivity contribution < 1.29 is 33.8 Å². The van der Waals surface area contributed by atoms with Crippen LogP contribution in [0.15, 0.2) is 91.0 Å². The Morgan fingerprint density at radius 3 is 1.87 bits per heavy atom. The van der Waals surface area contributed by atoms with Crippen LogP contribution in [0.3, 0.4) is 0 Å². The van der Waals surface area contributed by atoms with Gasteiger partial charge in [-0.25, -0.2) is 9.59 Å². The summed E-state index contributed by atoms with van der Waals surface area (Å²) in [6.07, 6.45) is -2.27. The maximum Gasteiger partial charge on any atom is 0.408 e. The number of nitrogens with one attached hydrogen (secondary N) is 2. The van der Waals surface area contributed by atoms with Gasteiger partial charge in [0.15, 0.2) is 18.0 Å². The number of alkyl carbamates (subject to hydrolysis) is 1. The number of Topliss-reactive ketones (excluding diaryl/α,β-unsaturated/α-hetero) is 1. The van der Waals surface area contributed by atoms with Crippen LogP contribution in [0.25, 0.3) is 0 Å². The molecule has 1 aliphatic heterocycles. The quantitative estimate of drug-likeness (QED) is 0.289. The lowest BCUT2D eigenvalue weighted by Gasteiger charge is -2.23. The van der Waals surface area contributed by atoms with E-state index in [1.807, 2.05) is 91.0 Å². The monoisotopic (exact) mass is 530 g/mol. The molecule has 4 rings (SSSR count). The van der Waals surface area contributed by atoms with E-state index < -0.39 is 48.0 Å². The number of carbonyl (C=O) groups excluding carboxylic acids is 3. The predicted octanol–water partition coefficient (Wildman–Crippen LogP) is 3.06. The number of aliphatic carboxylic acids is 1. The van der Waals surface area contributed by atoms with Crippen LogP contribution in [0.4, 0.5) is 4.79 Å². The molecule has 1 aliphatic rings. The molecule has 0 unspecified atom stereocenters. The Morgan fingerprint density at radius 1 is 0.744 bits per heavy atom. The summed E-state index contributed by atoms with van der Waals surface area (Å²) >= 11 is 0. The molecular formula is C30H30N2O7. The summed E-state index contributed by atoms with van der Waals surface area (Å²) in [5, 5.41) is 14.6. The molecule has 0 saturated carbocycles. The van der Waals surface area contributed by atoms with Crippen molar-refractivity contribution in [3.63, 3.8) is 0 Å². The van der Waals surface area contributed by atoms with Crippen molar-refractivity contribution in [2.75, 3.05) is 0 Å². The highest BCUT2D eigenvalue weighted by molar-refractivity contribution is 5.99. The summed E-state index contributed by atoms with van der Waals surface area (Å²) in [5.41, 5.74) is 2.55. The molecule has 0 aliphatic carbocycles. The molecule has 0 aromatic heterocycles. The van der Waals surface area contributed by atoms with Gasteiger partial charge in [0.1, 0.15) is 12.6 Å². The van der Waals surface area contributed by atoms with Gasteiger partial charge in [-0.1, -0.05) is 91.0 Å². The van der Waals surface area contributed by atoms with E-state index >= 15 is 0 Å². The van der Waals surface area contributed by atoms with Crippen molar-refractivity contribution in [2.45, 2.75) is 50.2 Å². The highest BCUT2D eigenvalue weighted by Gasteiger charge is 2.52. The molecule has 4 atom stereocenters. The predicted molar refractivity (Wildman–Crippen MR) is 142 cm³/mol. The molecule has 0 bridgehead atoms. The average molecular weight is 531 g/mol. The summed E-state index contributed by atoms with van der Waals surface area (Å²) < 4.78 is 10.4. The van der Waals surface area contributed by atoms with Crippen LogP contribution in [-0.4, -0.2) is 53.2 Å². The molecule has 0 spiro atoms. The van der Waals surface area contributed by atoms with E-state index in [9.17, 15) is 24.3 Å². The summed E-state index contributed by atoms with van der Waals surface area (Å²) in [4.78, 5) is 50.5. The normalized spacial score (nSPS) is 17.3. The maximum atomic E-state index is 13.5. The van der Waals surface area contributed by atoms with Crippen molar-refractivity contribution in [3.05, 3.63) is 108 Å². The Balaban J connectivity index is 1.46. The first-order valence-corrected chi connectivity index (χ1v) is 12.7. The molecule has 2 amide bonds. The van der Waals surface area contributed by atoms with Gasteiger partial charge in [0, 0.05) is 6.42 Å². The summed E-state index contributed by atoms with van der Waals surface area (Å²) in [5.74, 6) is -2.34. The number of carboxylic acid groups (broad SMARTS) is 1. The molecule has 39 heavy (non-hydrogen) atoms. The first kappa shape index (κ1) is 27.5. The van der Waals surface area contributed by atoms with E-state index in [0.29, 0.717) is 6.42 Å². The van der Waals surface area contributed by atoms with E-state index in [1.165, 1.54) is 0 Å². The van der Waals surface area contributed by atoms with Crippen molar-refractivity contribution >= 4 is 23.8 Å². The zero-order valence-electron chi connectivity index (χ0n) is 21.2. The van der Waals surface area contributed by atoms with E-state index in [1.54, 1.807) is 0 Å². The highest BCUT2D eigenvalue weighted by atomic mass is 16.6. The standard InChI is InChI=1S/C30H30N2O7/c33-25(26-27(39-26)29(35)36)23(17-16-20-10-4-1-5-11-20)31-28(34)24(18-21-12-6-2-7-13-21)32-30(37)38-19-22-14-8-3-9-15-22/h1-15,23-24,26-27H,16-19H2,(H,31,34)(H,32,37)(H,35,36)/t23-,24-,26+,27-/m0/s1. The fourth-order valence-electron chi connectivity index (χ4n) is 4.19. The first-order chi connectivity index (χ1) is 18.9. The van der Waals surface area contributed by atoms with Gasteiger partial charge < -0.3 is 25.2 Å². The summed E-state index contributed by atoms with van der Waals surface area (Å²) in [7, 11) is 0. The molecule has 9 heteroatoms. The molecule has 9 nitrogen and oxygen atoms in total. The van der Waals surface area contributed by atoms with Crippen molar-refractivity contribution in [2.24, 2.45) is 0 Å². The second-order valence-corrected chi connectivity index (χ2v) is 9.25. The van der Waals surface area contributed by atoms with E-state index in [2.05, 4.69) is 10.6 Å². The number of carbonyl (C=O) groups is 4. The zero-order chi connectivity index (χ0) is 27.6. The average Bonchev–Trinajstić information content (AvgIpc) is 3.77. The van der Waals surface area contributed by atoms with Gasteiger partial charge in [-0.2, -0.15) is 0 Å². The van der Waals surface area contributed by atoms with E-state index in [4.69, 9.17) is 9.47 Å². The number of rotatable bonds is 13. The second-order valence-electron chi connectivity index (χ2n) is 9.25. The largest absolute Gasteiger partial charge is 0.479 e. The van der Waals surface area contributed by atoms with Crippen LogP contribution in [-0.2, 0) is 43.3 Å². The number of aryl methyl sites for hydroxylation is 1. The number of carboxylic acids is 1. The van der Waals surface area contributed by atoms with Crippen LogP contribution < -0.4 is 10.6 Å². The Morgan fingerprint density at radius 2 is 1.31 bits per heavy atom. The third-order valence-electron chi connectivity index (χ3n) is 6.34. The smallest absolute Gasteiger partial charge is 0.408 e. The lowest BCUT2D eigenvalue weighted by Crippen LogP contribution is -2.53. The van der Waals surface area contributed by atoms with Gasteiger partial charge in [-0.3, -0.25) is 9.59 Å². The first-order valence-electron chi connectivity index (χ1n) is 12.7. The number of hydrogen-bond donors (Lipinski definition) is 3. The molecule has 3 aromatic rings. The Bertz CT molecular complexity index is 1270. The van der Waals surface area contributed by atoms with Crippen LogP contribution >= 0.6 is 0 Å². The highest BCUT2D eigenvalue weighted by Crippen LogP contribution is 2.25. The summed E-state index contributed by atoms with van der Waals surface area (Å²) in [6.45, 7) is 0.0279. The van der Waals surface area contributed by atoms with Crippen LogP contribution in [0, 0.1) is 0 Å². The topological polar surface area (TPSA) is 134 Å². The number of amides is 2. The van der Waals surface area contributed by atoms with E-state index in [0.717, 1.165) is 16.7 Å². The molecule has 3 N–H and O–H groups in total. The van der Waals surface area contributed by atoms with Crippen molar-refractivity contribution in [1.29, 1.82) is 0 Å². The minimum absolute atomic E-state index is 0.0279. The lowest BCUT2D eigenvalue weighted by molar-refractivity contribution is -0.138. The third kappa shape index (κ3) is 8.24. The van der Waals surface area contributed by atoms with E-state index in [-0.39, 0.29) is 19.4 Å². The SMILES string of the molecule is O=C(N[C@@H](Cc1ccccc1)C(=O)N[C@@H](CCc1ccccc1)C(=O)[C@H]1O[C@@H]1C(=O)O)OCc1ccccc1.